The van der Waals surface area contributed by atoms with Crippen LogP contribution in [0.25, 0.3) is 10.9 Å². The van der Waals surface area contributed by atoms with Gasteiger partial charge in [0.2, 0.25) is 0 Å². The summed E-state index contributed by atoms with van der Waals surface area (Å²) < 4.78 is 15.6. The van der Waals surface area contributed by atoms with E-state index in [1.165, 1.54) is 6.07 Å². The molecule has 0 amide bonds. The van der Waals surface area contributed by atoms with Crippen LogP contribution in [0.15, 0.2) is 18.2 Å². The van der Waals surface area contributed by atoms with Gasteiger partial charge in [-0.25, -0.2) is 4.39 Å². The lowest BCUT2D eigenvalue weighted by atomic mass is 10.0. The van der Waals surface area contributed by atoms with Gasteiger partial charge in [-0.2, -0.15) is 0 Å². The summed E-state index contributed by atoms with van der Waals surface area (Å²) in [4.78, 5) is 11.1. The Balaban J connectivity index is 2.59. The van der Waals surface area contributed by atoms with Crippen molar-refractivity contribution in [1.29, 1.82) is 0 Å². The first kappa shape index (κ1) is 11.8. The fraction of sp³-hybridized carbons (Fsp3) is 0.357. The topological polar surface area (TPSA) is 22.0 Å². The van der Waals surface area contributed by atoms with Crippen molar-refractivity contribution >= 4 is 16.7 Å². The van der Waals surface area contributed by atoms with Gasteiger partial charge in [0.05, 0.1) is 5.52 Å². The van der Waals surface area contributed by atoms with Crippen molar-refractivity contribution in [2.24, 2.45) is 7.05 Å². The van der Waals surface area contributed by atoms with E-state index in [0.29, 0.717) is 18.4 Å². The first-order valence-electron chi connectivity index (χ1n) is 5.74. The van der Waals surface area contributed by atoms with Crippen molar-refractivity contribution in [1.82, 2.24) is 4.57 Å². The van der Waals surface area contributed by atoms with Crippen LogP contribution in [-0.4, -0.2) is 10.4 Å². The van der Waals surface area contributed by atoms with E-state index in [1.54, 1.807) is 13.0 Å². The lowest BCUT2D eigenvalue weighted by molar-refractivity contribution is -0.116. The SMILES string of the molecule is CC(=O)CCc1c(C)n(C)c2c(F)cccc12. The summed E-state index contributed by atoms with van der Waals surface area (Å²) in [6, 6.07) is 5.10. The minimum atomic E-state index is -0.206. The molecule has 2 nitrogen and oxygen atoms in total. The number of aromatic nitrogens is 1. The molecule has 0 saturated heterocycles. The molecule has 0 N–H and O–H groups in total. The van der Waals surface area contributed by atoms with E-state index in [4.69, 9.17) is 0 Å². The first-order valence-corrected chi connectivity index (χ1v) is 5.74. The summed E-state index contributed by atoms with van der Waals surface area (Å²) >= 11 is 0. The van der Waals surface area contributed by atoms with Crippen molar-refractivity contribution in [3.8, 4) is 0 Å². The zero-order valence-corrected chi connectivity index (χ0v) is 10.4. The van der Waals surface area contributed by atoms with Crippen molar-refractivity contribution < 1.29 is 9.18 Å². The van der Waals surface area contributed by atoms with Crippen LogP contribution >= 0.6 is 0 Å². The van der Waals surface area contributed by atoms with Crippen molar-refractivity contribution in [3.05, 3.63) is 35.3 Å². The van der Waals surface area contributed by atoms with Crippen LogP contribution in [0.5, 0.6) is 0 Å². The van der Waals surface area contributed by atoms with Gasteiger partial charge in [0.15, 0.2) is 0 Å². The fourth-order valence-corrected chi connectivity index (χ4v) is 2.28. The van der Waals surface area contributed by atoms with Gasteiger partial charge >= 0.3 is 0 Å². The second kappa shape index (κ2) is 4.32. The van der Waals surface area contributed by atoms with Crippen LogP contribution in [0.3, 0.4) is 0 Å². The Morgan fingerprint density at radius 1 is 1.41 bits per heavy atom. The summed E-state index contributed by atoms with van der Waals surface area (Å²) in [5, 5.41) is 0.922. The smallest absolute Gasteiger partial charge is 0.147 e. The van der Waals surface area contributed by atoms with Gasteiger partial charge in [0.1, 0.15) is 11.6 Å². The van der Waals surface area contributed by atoms with Crippen LogP contribution in [0.4, 0.5) is 4.39 Å². The molecule has 0 bridgehead atoms. The van der Waals surface area contributed by atoms with Crippen LogP contribution in [0.1, 0.15) is 24.6 Å². The number of Topliss-reactive ketones (excluding diaryl/α,β-unsaturated/α-hetero) is 1. The monoisotopic (exact) mass is 233 g/mol. The minimum absolute atomic E-state index is 0.165. The molecule has 2 rings (SSSR count). The summed E-state index contributed by atoms with van der Waals surface area (Å²) in [5.74, 6) is -0.0417. The highest BCUT2D eigenvalue weighted by Gasteiger charge is 2.14. The fourth-order valence-electron chi connectivity index (χ4n) is 2.28. The van der Waals surface area contributed by atoms with E-state index >= 15 is 0 Å². The Hall–Kier alpha value is -1.64. The number of nitrogens with zero attached hydrogens (tertiary/aromatic N) is 1. The van der Waals surface area contributed by atoms with Crippen LogP contribution in [0, 0.1) is 12.7 Å². The van der Waals surface area contributed by atoms with E-state index in [9.17, 15) is 9.18 Å². The second-order valence-electron chi connectivity index (χ2n) is 4.46. The number of rotatable bonds is 3. The number of aryl methyl sites for hydroxylation is 2. The Labute approximate surface area is 100 Å². The maximum absolute atomic E-state index is 13.8. The number of fused-ring (bicyclic) bond motifs is 1. The van der Waals surface area contributed by atoms with Gasteiger partial charge in [0, 0.05) is 24.5 Å². The Morgan fingerprint density at radius 3 is 2.76 bits per heavy atom. The van der Waals surface area contributed by atoms with Crippen LogP contribution in [0.2, 0.25) is 0 Å². The number of carbonyl (C=O) groups excluding carboxylic acids is 1. The molecule has 2 aromatic rings. The minimum Gasteiger partial charge on any atom is -0.345 e. The zero-order valence-electron chi connectivity index (χ0n) is 10.4. The van der Waals surface area contributed by atoms with Crippen LogP contribution in [-0.2, 0) is 18.3 Å². The summed E-state index contributed by atoms with van der Waals surface area (Å²) in [6.45, 7) is 3.55. The lowest BCUT2D eigenvalue weighted by Crippen LogP contribution is -1.97. The number of carbonyl (C=O) groups is 1. The third-order valence-electron chi connectivity index (χ3n) is 3.31. The summed E-state index contributed by atoms with van der Waals surface area (Å²) in [5.41, 5.74) is 2.74. The average molecular weight is 233 g/mol. The molecule has 0 radical (unpaired) electrons. The van der Waals surface area contributed by atoms with Gasteiger partial charge < -0.3 is 9.36 Å². The van der Waals surface area contributed by atoms with Crippen molar-refractivity contribution in [2.45, 2.75) is 26.7 Å². The predicted octanol–water partition coefficient (Wildman–Crippen LogP) is 3.15. The molecular weight excluding hydrogens is 217 g/mol. The highest BCUT2D eigenvalue weighted by Crippen LogP contribution is 2.27. The maximum Gasteiger partial charge on any atom is 0.147 e. The molecule has 1 aromatic heterocycles. The summed E-state index contributed by atoms with van der Waals surface area (Å²) in [6.07, 6.45) is 1.19. The number of halogens is 1. The molecule has 0 unspecified atom stereocenters. The molecule has 3 heteroatoms. The third kappa shape index (κ3) is 1.97. The molecule has 0 aliphatic heterocycles. The molecule has 0 atom stereocenters. The molecular formula is C14H16FNO. The highest BCUT2D eigenvalue weighted by atomic mass is 19.1. The quantitative estimate of drug-likeness (QED) is 0.798. The Kier molecular flexibility index (Phi) is 3.01. The van der Waals surface area contributed by atoms with Gasteiger partial charge in [-0.15, -0.1) is 0 Å². The van der Waals surface area contributed by atoms with E-state index in [0.717, 1.165) is 16.6 Å². The molecule has 1 heterocycles. The van der Waals surface area contributed by atoms with Gasteiger partial charge in [-0.3, -0.25) is 0 Å². The molecule has 1 aromatic carbocycles. The molecule has 0 aliphatic rings. The van der Waals surface area contributed by atoms with Gasteiger partial charge in [0.25, 0.3) is 0 Å². The normalized spacial score (nSPS) is 11.1. The number of hydrogen-bond donors (Lipinski definition) is 0. The highest BCUT2D eigenvalue weighted by molar-refractivity contribution is 5.86. The number of hydrogen-bond acceptors (Lipinski definition) is 1. The van der Waals surface area contributed by atoms with Crippen molar-refractivity contribution in [3.63, 3.8) is 0 Å². The number of benzene rings is 1. The van der Waals surface area contributed by atoms with Gasteiger partial charge in [-0.05, 0) is 31.9 Å². The van der Waals surface area contributed by atoms with Crippen molar-refractivity contribution in [2.75, 3.05) is 0 Å². The Bertz CT molecular complexity index is 583. The summed E-state index contributed by atoms with van der Waals surface area (Å²) in [7, 11) is 1.86. The van der Waals surface area contributed by atoms with E-state index < -0.39 is 0 Å². The average Bonchev–Trinajstić information content (AvgIpc) is 2.51. The standard InChI is InChI=1S/C14H16FNO/c1-9(17)7-8-11-10(2)16(3)14-12(11)5-4-6-13(14)15/h4-6H,7-8H2,1-3H3. The van der Waals surface area contributed by atoms with E-state index in [-0.39, 0.29) is 11.6 Å². The third-order valence-corrected chi connectivity index (χ3v) is 3.31. The molecule has 0 saturated carbocycles. The zero-order chi connectivity index (χ0) is 12.6. The first-order chi connectivity index (χ1) is 8.02. The Morgan fingerprint density at radius 2 is 2.12 bits per heavy atom. The number of ketones is 1. The number of para-hydroxylation sites is 1. The van der Waals surface area contributed by atoms with Gasteiger partial charge in [-0.1, -0.05) is 12.1 Å². The molecule has 0 spiro atoms. The van der Waals surface area contributed by atoms with Crippen LogP contribution < -0.4 is 0 Å². The maximum atomic E-state index is 13.8. The predicted molar refractivity (Wildman–Crippen MR) is 66.6 cm³/mol. The molecule has 0 fully saturated rings. The lowest BCUT2D eigenvalue weighted by Gasteiger charge is -2.00. The van der Waals surface area contributed by atoms with E-state index in [1.807, 2.05) is 24.6 Å². The molecule has 17 heavy (non-hydrogen) atoms. The molecule has 0 aliphatic carbocycles. The largest absolute Gasteiger partial charge is 0.345 e. The van der Waals surface area contributed by atoms with E-state index in [2.05, 4.69) is 0 Å². The molecule has 90 valence electrons. The second-order valence-corrected chi connectivity index (χ2v) is 4.46.